The number of aliphatic carboxylic acids is 1. The molecule has 0 aliphatic rings. The van der Waals surface area contributed by atoms with E-state index in [9.17, 15) is 24.3 Å². The van der Waals surface area contributed by atoms with Gasteiger partial charge in [-0.1, -0.05) is 13.8 Å². The minimum Gasteiger partial charge on any atom is -0.480 e. The zero-order valence-electron chi connectivity index (χ0n) is 16.4. The molecule has 0 spiro atoms. The SMILES string of the molecule is CC(NC(=O)CN)C(=O)NC(C(=O)NC(CCCN=C(N)N)C(=O)O)C(C)C. The number of amides is 3. The lowest BCUT2D eigenvalue weighted by Gasteiger charge is -2.25. The average molecular weight is 401 g/mol. The average Bonchev–Trinajstić information content (AvgIpc) is 2.60. The van der Waals surface area contributed by atoms with E-state index in [2.05, 4.69) is 20.9 Å². The van der Waals surface area contributed by atoms with E-state index in [1.54, 1.807) is 13.8 Å². The Morgan fingerprint density at radius 1 is 1.00 bits per heavy atom. The highest BCUT2D eigenvalue weighted by molar-refractivity contribution is 5.93. The van der Waals surface area contributed by atoms with Crippen LogP contribution in [0.2, 0.25) is 0 Å². The number of nitrogens with two attached hydrogens (primary N) is 3. The fraction of sp³-hybridized carbons (Fsp3) is 0.688. The quantitative estimate of drug-likeness (QED) is 0.103. The molecular weight excluding hydrogens is 370 g/mol. The first-order chi connectivity index (χ1) is 13.0. The van der Waals surface area contributed by atoms with Gasteiger partial charge in [-0.15, -0.1) is 0 Å². The van der Waals surface area contributed by atoms with Gasteiger partial charge in [0.2, 0.25) is 17.7 Å². The predicted octanol–water partition coefficient (Wildman–Crippen LogP) is -2.79. The van der Waals surface area contributed by atoms with Gasteiger partial charge >= 0.3 is 5.97 Å². The second-order valence-corrected chi connectivity index (χ2v) is 6.57. The maximum absolute atomic E-state index is 12.5. The Kier molecular flexibility index (Phi) is 11.2. The Hall–Kier alpha value is -2.89. The molecule has 0 saturated carbocycles. The molecule has 0 rings (SSSR count). The molecule has 0 aromatic carbocycles. The molecule has 0 aliphatic heterocycles. The van der Waals surface area contributed by atoms with Crippen molar-refractivity contribution in [2.24, 2.45) is 28.1 Å². The molecule has 3 atom stereocenters. The van der Waals surface area contributed by atoms with Crippen molar-refractivity contribution < 1.29 is 24.3 Å². The molecule has 0 aliphatic carbocycles. The number of hydrogen-bond acceptors (Lipinski definition) is 6. The number of hydrogen-bond donors (Lipinski definition) is 7. The van der Waals surface area contributed by atoms with Crippen LogP contribution >= 0.6 is 0 Å². The van der Waals surface area contributed by atoms with E-state index < -0.39 is 41.8 Å². The predicted molar refractivity (Wildman–Crippen MR) is 103 cm³/mol. The number of rotatable bonds is 12. The Labute approximate surface area is 163 Å². The van der Waals surface area contributed by atoms with Crippen LogP contribution in [-0.4, -0.2) is 66.0 Å². The second kappa shape index (κ2) is 12.5. The van der Waals surface area contributed by atoms with Crippen LogP contribution in [0.3, 0.4) is 0 Å². The molecule has 10 N–H and O–H groups in total. The van der Waals surface area contributed by atoms with Crippen molar-refractivity contribution in [2.45, 2.75) is 51.7 Å². The van der Waals surface area contributed by atoms with Gasteiger partial charge in [-0.25, -0.2) is 4.79 Å². The van der Waals surface area contributed by atoms with E-state index in [-0.39, 0.29) is 31.4 Å². The lowest BCUT2D eigenvalue weighted by molar-refractivity contribution is -0.142. The van der Waals surface area contributed by atoms with Crippen molar-refractivity contribution >= 4 is 29.7 Å². The third-order valence-corrected chi connectivity index (χ3v) is 3.76. The summed E-state index contributed by atoms with van der Waals surface area (Å²) in [7, 11) is 0. The van der Waals surface area contributed by atoms with Crippen LogP contribution in [0, 0.1) is 5.92 Å². The van der Waals surface area contributed by atoms with Gasteiger partial charge in [-0.05, 0) is 25.7 Å². The normalized spacial score (nSPS) is 13.8. The molecular formula is C16H31N7O5. The number of carbonyl (C=O) groups excluding carboxylic acids is 3. The monoisotopic (exact) mass is 401 g/mol. The fourth-order valence-corrected chi connectivity index (χ4v) is 2.20. The zero-order chi connectivity index (χ0) is 21.9. The summed E-state index contributed by atoms with van der Waals surface area (Å²) in [4.78, 5) is 51.1. The minimum atomic E-state index is -1.21. The van der Waals surface area contributed by atoms with Crippen molar-refractivity contribution in [1.29, 1.82) is 0 Å². The molecule has 28 heavy (non-hydrogen) atoms. The maximum Gasteiger partial charge on any atom is 0.326 e. The highest BCUT2D eigenvalue weighted by Crippen LogP contribution is 2.05. The number of nitrogens with one attached hydrogen (secondary N) is 3. The fourth-order valence-electron chi connectivity index (χ4n) is 2.20. The summed E-state index contributed by atoms with van der Waals surface area (Å²) < 4.78 is 0. The highest BCUT2D eigenvalue weighted by Gasteiger charge is 2.29. The summed E-state index contributed by atoms with van der Waals surface area (Å²) in [5, 5.41) is 16.6. The molecule has 3 unspecified atom stereocenters. The van der Waals surface area contributed by atoms with Crippen LogP contribution < -0.4 is 33.2 Å². The molecule has 0 radical (unpaired) electrons. The van der Waals surface area contributed by atoms with Crippen LogP contribution in [0.5, 0.6) is 0 Å². The molecule has 0 bridgehead atoms. The number of carbonyl (C=O) groups is 4. The Bertz CT molecular complexity index is 590. The molecule has 3 amide bonds. The van der Waals surface area contributed by atoms with E-state index in [1.165, 1.54) is 6.92 Å². The summed E-state index contributed by atoms with van der Waals surface area (Å²) in [5.41, 5.74) is 15.6. The van der Waals surface area contributed by atoms with Crippen molar-refractivity contribution in [3.63, 3.8) is 0 Å². The summed E-state index contributed by atoms with van der Waals surface area (Å²) >= 11 is 0. The number of carboxylic acids is 1. The largest absolute Gasteiger partial charge is 0.480 e. The molecule has 0 aromatic heterocycles. The van der Waals surface area contributed by atoms with E-state index in [4.69, 9.17) is 17.2 Å². The molecule has 0 heterocycles. The van der Waals surface area contributed by atoms with Crippen molar-refractivity contribution in [3.05, 3.63) is 0 Å². The number of carboxylic acid groups (broad SMARTS) is 1. The molecule has 160 valence electrons. The molecule has 0 fully saturated rings. The Morgan fingerprint density at radius 3 is 2.07 bits per heavy atom. The van der Waals surface area contributed by atoms with Crippen molar-refractivity contribution in [1.82, 2.24) is 16.0 Å². The summed E-state index contributed by atoms with van der Waals surface area (Å²) in [6.45, 7) is 4.79. The van der Waals surface area contributed by atoms with Gasteiger partial charge in [0.15, 0.2) is 5.96 Å². The lowest BCUT2D eigenvalue weighted by Crippen LogP contribution is -2.57. The van der Waals surface area contributed by atoms with Crippen LogP contribution in [0.4, 0.5) is 0 Å². The first kappa shape index (κ1) is 25.1. The number of nitrogens with zero attached hydrogens (tertiary/aromatic N) is 1. The Morgan fingerprint density at radius 2 is 1.61 bits per heavy atom. The van der Waals surface area contributed by atoms with Gasteiger partial charge in [0.25, 0.3) is 0 Å². The molecule has 12 nitrogen and oxygen atoms in total. The zero-order valence-corrected chi connectivity index (χ0v) is 16.4. The van der Waals surface area contributed by atoms with Crippen molar-refractivity contribution in [3.8, 4) is 0 Å². The minimum absolute atomic E-state index is 0.102. The van der Waals surface area contributed by atoms with Gasteiger partial charge in [0, 0.05) is 6.54 Å². The topological polar surface area (TPSA) is 215 Å². The van der Waals surface area contributed by atoms with E-state index in [0.717, 1.165) is 0 Å². The molecule has 0 saturated heterocycles. The summed E-state index contributed by atoms with van der Waals surface area (Å²) in [5.74, 6) is -3.38. The first-order valence-corrected chi connectivity index (χ1v) is 8.87. The van der Waals surface area contributed by atoms with E-state index in [1.807, 2.05) is 0 Å². The van der Waals surface area contributed by atoms with Gasteiger partial charge in [0.1, 0.15) is 18.1 Å². The van der Waals surface area contributed by atoms with Crippen molar-refractivity contribution in [2.75, 3.05) is 13.1 Å². The van der Waals surface area contributed by atoms with Crippen LogP contribution in [-0.2, 0) is 19.2 Å². The van der Waals surface area contributed by atoms with Gasteiger partial charge in [0.05, 0.1) is 6.54 Å². The maximum atomic E-state index is 12.5. The van der Waals surface area contributed by atoms with E-state index >= 15 is 0 Å². The number of aliphatic imine (C=N–C) groups is 1. The van der Waals surface area contributed by atoms with E-state index in [0.29, 0.717) is 6.42 Å². The summed E-state index contributed by atoms with van der Waals surface area (Å²) in [6, 6.07) is -3.04. The lowest BCUT2D eigenvalue weighted by atomic mass is 10.0. The first-order valence-electron chi connectivity index (χ1n) is 8.87. The third-order valence-electron chi connectivity index (χ3n) is 3.76. The highest BCUT2D eigenvalue weighted by atomic mass is 16.4. The summed E-state index contributed by atoms with van der Waals surface area (Å²) in [6.07, 6.45) is 0.454. The van der Waals surface area contributed by atoms with Gasteiger partial charge in [-0.2, -0.15) is 0 Å². The van der Waals surface area contributed by atoms with Crippen LogP contribution in [0.1, 0.15) is 33.6 Å². The van der Waals surface area contributed by atoms with Gasteiger partial charge in [-0.3, -0.25) is 19.4 Å². The Balaban J connectivity index is 4.92. The van der Waals surface area contributed by atoms with Crippen LogP contribution in [0.15, 0.2) is 4.99 Å². The van der Waals surface area contributed by atoms with Gasteiger partial charge < -0.3 is 38.3 Å². The molecule has 12 heteroatoms. The molecule has 0 aromatic rings. The smallest absolute Gasteiger partial charge is 0.326 e. The number of guanidine groups is 1. The standard InChI is InChI=1S/C16H31N7O5/c1-8(2)12(23-13(25)9(3)21-11(24)7-17)14(26)22-10(15(27)28)5-4-6-20-16(18)19/h8-10,12H,4-7,17H2,1-3H3,(H,21,24)(H,22,26)(H,23,25)(H,27,28)(H4,18,19,20). The van der Waals surface area contributed by atoms with Crippen LogP contribution in [0.25, 0.3) is 0 Å². The third kappa shape index (κ3) is 9.71. The second-order valence-electron chi connectivity index (χ2n) is 6.57.